The minimum atomic E-state index is -5.51. The molecule has 0 saturated carbocycles. The molecule has 0 rings (SSSR count). The van der Waals surface area contributed by atoms with Crippen molar-refractivity contribution in [3.05, 3.63) is 0 Å². The summed E-state index contributed by atoms with van der Waals surface area (Å²) in [7, 11) is -9.83. The molecule has 0 fully saturated rings. The van der Waals surface area contributed by atoms with Crippen LogP contribution in [-0.2, 0) is 70.8 Å². The van der Waals surface area contributed by atoms with Gasteiger partial charge in [0.15, 0.2) is 6.29 Å². The molecule has 0 bridgehead atoms. The molecule has 121 heavy (non-hydrogen) atoms. The second-order valence-corrected chi connectivity index (χ2v) is 38.0. The van der Waals surface area contributed by atoms with Gasteiger partial charge in [-0.2, -0.15) is 0 Å². The molecule has 0 aromatic heterocycles. The van der Waals surface area contributed by atoms with Gasteiger partial charge in [-0.05, 0) is 64.1 Å². The average Bonchev–Trinajstić information content (AvgIpc) is 0.844. The van der Waals surface area contributed by atoms with Crippen molar-refractivity contribution in [1.82, 2.24) is 10.6 Å². The van der Waals surface area contributed by atoms with Gasteiger partial charge in [0.2, 0.25) is 19.4 Å². The number of phosphoric acid groups is 1. The van der Waals surface area contributed by atoms with E-state index >= 15 is 0 Å². The molecule has 0 saturated heterocycles. The summed E-state index contributed by atoms with van der Waals surface area (Å²) in [6, 6.07) is 0. The molecule has 23 nitrogen and oxygen atoms in total. The maximum atomic E-state index is 14.4. The molecule has 2 amide bonds. The third kappa shape index (κ3) is 78.9. The van der Waals surface area contributed by atoms with Crippen LogP contribution >= 0.6 is 15.4 Å². The molecule has 3 unspecified atom stereocenters. The van der Waals surface area contributed by atoms with Crippen LogP contribution in [0.2, 0.25) is 0 Å². The van der Waals surface area contributed by atoms with Gasteiger partial charge in [0, 0.05) is 25.8 Å². The van der Waals surface area contributed by atoms with Gasteiger partial charge in [0.05, 0.1) is 57.6 Å². The topological polar surface area (TPSA) is 339 Å². The molecule has 0 heterocycles. The molecule has 716 valence electrons. The predicted molar refractivity (Wildman–Crippen MR) is 492 cm³/mol. The van der Waals surface area contributed by atoms with E-state index in [1.165, 1.54) is 173 Å². The van der Waals surface area contributed by atoms with Crippen LogP contribution < -0.4 is 10.6 Å². The third-order valence-corrected chi connectivity index (χ3v) is 24.3. The highest BCUT2D eigenvalue weighted by molar-refractivity contribution is 7.57. The minimum Gasteiger partial charge on any atom is -0.463 e. The Morgan fingerprint density at radius 1 is 0.355 bits per heavy atom. The Labute approximate surface area is 737 Å². The summed E-state index contributed by atoms with van der Waals surface area (Å²) in [5.74, 6) is -3.33. The maximum absolute atomic E-state index is 14.4. The first-order valence-corrected chi connectivity index (χ1v) is 53.2. The van der Waals surface area contributed by atoms with Gasteiger partial charge in [-0.15, -0.1) is 0 Å². The van der Waals surface area contributed by atoms with Crippen LogP contribution in [-0.4, -0.2) is 155 Å². The molecule has 0 spiro atoms. The number of ether oxygens (including phenoxy) is 6. The highest BCUT2D eigenvalue weighted by Crippen LogP contribution is 2.40. The summed E-state index contributed by atoms with van der Waals surface area (Å²) in [5, 5.41) is 28.2. The van der Waals surface area contributed by atoms with Crippen molar-refractivity contribution in [3.63, 3.8) is 0 Å². The highest BCUT2D eigenvalue weighted by atomic mass is 31.2. The first-order valence-electron chi connectivity index (χ1n) is 49.8. The first-order chi connectivity index (χ1) is 58.5. The lowest BCUT2D eigenvalue weighted by Gasteiger charge is -2.35. The fourth-order valence-electron chi connectivity index (χ4n) is 15.4. The lowest BCUT2D eigenvalue weighted by molar-refractivity contribution is -0.215. The van der Waals surface area contributed by atoms with Gasteiger partial charge in [-0.25, -0.2) is 4.57 Å². The Kier molecular flexibility index (Phi) is 81.7. The molecule has 0 aromatic rings. The van der Waals surface area contributed by atoms with Crippen molar-refractivity contribution in [2.45, 2.75) is 521 Å². The number of phosphoric ester groups is 1. The number of esters is 4. The van der Waals surface area contributed by atoms with Gasteiger partial charge in [-0.3, -0.25) is 33.3 Å². The first kappa shape index (κ1) is 118. The van der Waals surface area contributed by atoms with Gasteiger partial charge in [0.1, 0.15) is 37.1 Å². The van der Waals surface area contributed by atoms with E-state index in [1.807, 2.05) is 0 Å². The fraction of sp³-hybridized carbons (Fsp3) is 0.927. The normalized spacial score (nSPS) is 13.9. The van der Waals surface area contributed by atoms with E-state index in [0.717, 1.165) is 173 Å². The molecule has 7 atom stereocenters. The van der Waals surface area contributed by atoms with Gasteiger partial charge < -0.3 is 73.4 Å². The van der Waals surface area contributed by atoms with Crippen LogP contribution in [0.1, 0.15) is 485 Å². The standard InChI is InChI=1S/C96H186N2O21P2/c1-8-14-20-26-32-38-41-47-53-59-65-71-91(103)115-84(68-62-56-50-44-35-29-23-17-11-4)74-89(101)97-77-95(118-87(78-99)88(119-121(109,110)111)79-112-94(106)76-86(70-64-58-52-46-37-31-25-19-13-6)117-93(105)73-67-61-55-49-43-40-34-28-22-16-10-3)113-82-96(81-100,83-114-120(7,107)108)80-98-90(102)75-85(69-63-57-51-45-36-30-24-18-12-5)116-92(104)72-66-60-54-48-42-39-33-27-21-15-9-2/h84-88,95,99-100,107-108H,7-83H2,1-6H3,(H,97,101)(H,98,102)(H2,109,110,111)/t84-,85-,86-,87?,88+,95?,96?/m1/s1. The summed E-state index contributed by atoms with van der Waals surface area (Å²) in [6.45, 7) is 7.98. The Morgan fingerprint density at radius 3 is 0.917 bits per heavy atom. The minimum absolute atomic E-state index is 0.171. The number of hydrogen-bond donors (Lipinski definition) is 8. The SMILES string of the molecule is C=P(O)(O)OCC(CO)(CNC(=O)C[C@@H](CCCCCCCCCCC)OC(=O)CCCCCCCCCCCCC)COC(CNC(=O)C[C@@H](CCCCCCCCCCC)OC(=O)CCCCCCCCCCCCC)OC(CO)[C@H](COC(=O)C[C@@H](CCCCCCCCCCC)OC(=O)CCCCCCCCCCCCC)OP(=O)(O)O. The largest absolute Gasteiger partial charge is 0.470 e. The number of rotatable bonds is 94. The van der Waals surface area contributed by atoms with Crippen LogP contribution in [0.3, 0.4) is 0 Å². The summed E-state index contributed by atoms with van der Waals surface area (Å²) in [6.07, 6.45) is 61.3. The van der Waals surface area contributed by atoms with E-state index < -0.39 is 146 Å². The molecule has 0 radical (unpaired) electrons. The van der Waals surface area contributed by atoms with Crippen LogP contribution in [0.4, 0.5) is 0 Å². The van der Waals surface area contributed by atoms with Crippen molar-refractivity contribution in [3.8, 4) is 0 Å². The van der Waals surface area contributed by atoms with Crippen molar-refractivity contribution >= 4 is 57.4 Å². The Morgan fingerprint density at radius 2 is 0.636 bits per heavy atom. The number of hydrogen-bond acceptors (Lipinski definition) is 19. The van der Waals surface area contributed by atoms with E-state index in [0.29, 0.717) is 57.8 Å². The number of aliphatic hydroxyl groups is 2. The molecular formula is C96H186N2O21P2. The van der Waals surface area contributed by atoms with Gasteiger partial charge >= 0.3 is 31.7 Å². The number of aliphatic hydroxyl groups excluding tert-OH is 2. The maximum Gasteiger partial charge on any atom is 0.470 e. The van der Waals surface area contributed by atoms with Crippen molar-refractivity contribution in [1.29, 1.82) is 0 Å². The monoisotopic (exact) mass is 1770 g/mol. The van der Waals surface area contributed by atoms with E-state index in [-0.39, 0.29) is 32.1 Å². The summed E-state index contributed by atoms with van der Waals surface area (Å²) < 4.78 is 60.1. The highest BCUT2D eigenvalue weighted by Gasteiger charge is 2.38. The Balaban J connectivity index is 7.33. The van der Waals surface area contributed by atoms with Crippen molar-refractivity contribution in [2.75, 3.05) is 46.1 Å². The van der Waals surface area contributed by atoms with E-state index in [4.69, 9.17) is 37.5 Å². The number of amides is 2. The number of nitrogens with one attached hydrogen (secondary N) is 2. The number of carbonyl (C=O) groups excluding carboxylic acids is 6. The van der Waals surface area contributed by atoms with E-state index in [1.54, 1.807) is 0 Å². The van der Waals surface area contributed by atoms with E-state index in [9.17, 15) is 63.1 Å². The van der Waals surface area contributed by atoms with Crippen LogP contribution in [0, 0.1) is 5.41 Å². The summed E-state index contributed by atoms with van der Waals surface area (Å²) >= 11 is 0. The fourth-order valence-corrected chi connectivity index (χ4v) is 16.5. The van der Waals surface area contributed by atoms with Gasteiger partial charge in [0.25, 0.3) is 0 Å². The quantitative estimate of drug-likeness (QED) is 0.00922. The average molecular weight is 1770 g/mol. The molecule has 8 N–H and O–H groups in total. The smallest absolute Gasteiger partial charge is 0.463 e. The summed E-state index contributed by atoms with van der Waals surface area (Å²) in [4.78, 5) is 125. The Bertz CT molecular complexity index is 2510. The third-order valence-electron chi connectivity index (χ3n) is 23.2. The van der Waals surface area contributed by atoms with Crippen LogP contribution in [0.5, 0.6) is 0 Å². The van der Waals surface area contributed by atoms with Crippen LogP contribution in [0.15, 0.2) is 0 Å². The zero-order valence-corrected chi connectivity index (χ0v) is 79.9. The lowest BCUT2D eigenvalue weighted by Crippen LogP contribution is -2.50. The zero-order valence-electron chi connectivity index (χ0n) is 78.1. The Hall–Kier alpha value is -3.05. The molecular weight excluding hydrogens is 1580 g/mol. The predicted octanol–water partition coefficient (Wildman–Crippen LogP) is 23.9. The molecule has 0 aliphatic carbocycles. The molecule has 0 aromatic carbocycles. The molecule has 25 heteroatoms. The van der Waals surface area contributed by atoms with Crippen LogP contribution in [0.25, 0.3) is 0 Å². The summed E-state index contributed by atoms with van der Waals surface area (Å²) in [5.41, 5.74) is -1.77. The van der Waals surface area contributed by atoms with E-state index in [2.05, 4.69) is 58.5 Å². The second-order valence-electron chi connectivity index (χ2n) is 35.2. The van der Waals surface area contributed by atoms with Crippen molar-refractivity contribution < 1.29 is 101 Å². The molecule has 0 aliphatic heterocycles. The number of unbranched alkanes of at least 4 members (excludes halogenated alkanes) is 54. The second kappa shape index (κ2) is 83.8. The number of carbonyl (C=O) groups is 6. The molecule has 0 aliphatic rings. The van der Waals surface area contributed by atoms with Crippen molar-refractivity contribution in [2.24, 2.45) is 5.41 Å². The van der Waals surface area contributed by atoms with Gasteiger partial charge in [-0.1, -0.05) is 388 Å². The lowest BCUT2D eigenvalue weighted by atomic mass is 9.91. The zero-order chi connectivity index (χ0) is 89.2.